The second kappa shape index (κ2) is 6.47. The summed E-state index contributed by atoms with van der Waals surface area (Å²) in [6.07, 6.45) is 1.95. The lowest BCUT2D eigenvalue weighted by atomic mass is 9.98. The van der Waals surface area contributed by atoms with Crippen molar-refractivity contribution in [3.8, 4) is 0 Å². The summed E-state index contributed by atoms with van der Waals surface area (Å²) in [6, 6.07) is 0. The predicted molar refractivity (Wildman–Crippen MR) is 73.5 cm³/mol. The molecule has 0 radical (unpaired) electrons. The summed E-state index contributed by atoms with van der Waals surface area (Å²) in [4.78, 5) is 6.03. The average Bonchev–Trinajstić information content (AvgIpc) is 2.69. The van der Waals surface area contributed by atoms with Crippen LogP contribution in [-0.4, -0.2) is 18.6 Å². The van der Waals surface area contributed by atoms with E-state index in [0.717, 1.165) is 36.7 Å². The Labute approximate surface area is 109 Å². The van der Waals surface area contributed by atoms with Crippen LogP contribution in [0.1, 0.15) is 49.2 Å². The van der Waals surface area contributed by atoms with E-state index < -0.39 is 0 Å². The standard InChI is InChI=1S/C13H24N2OS/c1-6-13(7-2,16-8-3)12-15-10(4)11(17-12)9-14-5/h14H,6-9H2,1-5H3. The van der Waals surface area contributed by atoms with Gasteiger partial charge in [-0.2, -0.15) is 0 Å². The van der Waals surface area contributed by atoms with Gasteiger partial charge in [-0.25, -0.2) is 4.98 Å². The summed E-state index contributed by atoms with van der Waals surface area (Å²) < 4.78 is 5.99. The molecule has 0 aliphatic rings. The number of nitrogens with zero attached hydrogens (tertiary/aromatic N) is 1. The Kier molecular flexibility index (Phi) is 5.56. The maximum Gasteiger partial charge on any atom is 0.125 e. The Bertz CT molecular complexity index is 345. The fraction of sp³-hybridized carbons (Fsp3) is 0.769. The first-order valence-electron chi connectivity index (χ1n) is 6.38. The van der Waals surface area contributed by atoms with Gasteiger partial charge in [-0.1, -0.05) is 13.8 Å². The Morgan fingerprint density at radius 2 is 1.94 bits per heavy atom. The monoisotopic (exact) mass is 256 g/mol. The Morgan fingerprint density at radius 1 is 1.29 bits per heavy atom. The maximum atomic E-state index is 5.99. The van der Waals surface area contributed by atoms with Crippen LogP contribution in [0.2, 0.25) is 0 Å². The molecule has 0 fully saturated rings. The van der Waals surface area contributed by atoms with Crippen molar-refractivity contribution in [3.05, 3.63) is 15.6 Å². The van der Waals surface area contributed by atoms with Crippen molar-refractivity contribution >= 4 is 11.3 Å². The van der Waals surface area contributed by atoms with E-state index in [9.17, 15) is 0 Å². The Morgan fingerprint density at radius 3 is 2.41 bits per heavy atom. The first-order valence-corrected chi connectivity index (χ1v) is 7.20. The predicted octanol–water partition coefficient (Wildman–Crippen LogP) is 3.22. The van der Waals surface area contributed by atoms with Crippen LogP contribution in [0.25, 0.3) is 0 Å². The van der Waals surface area contributed by atoms with Crippen molar-refractivity contribution in [1.82, 2.24) is 10.3 Å². The lowest BCUT2D eigenvalue weighted by Gasteiger charge is -2.29. The number of hydrogen-bond acceptors (Lipinski definition) is 4. The van der Waals surface area contributed by atoms with Crippen LogP contribution in [0.3, 0.4) is 0 Å². The molecule has 0 aliphatic carbocycles. The van der Waals surface area contributed by atoms with E-state index in [1.165, 1.54) is 4.88 Å². The van der Waals surface area contributed by atoms with E-state index in [4.69, 9.17) is 9.72 Å². The van der Waals surface area contributed by atoms with Crippen molar-refractivity contribution in [3.63, 3.8) is 0 Å². The Balaban J connectivity index is 3.06. The number of thiazole rings is 1. The van der Waals surface area contributed by atoms with Crippen LogP contribution in [0, 0.1) is 6.92 Å². The highest BCUT2D eigenvalue weighted by Gasteiger charge is 2.32. The molecule has 0 bridgehead atoms. The number of aromatic nitrogens is 1. The fourth-order valence-corrected chi connectivity index (χ4v) is 3.40. The molecule has 4 heteroatoms. The Hall–Kier alpha value is -0.450. The molecule has 0 saturated carbocycles. The molecule has 98 valence electrons. The van der Waals surface area contributed by atoms with E-state index in [1.807, 2.05) is 7.05 Å². The summed E-state index contributed by atoms with van der Waals surface area (Å²) in [6.45, 7) is 10.1. The summed E-state index contributed by atoms with van der Waals surface area (Å²) in [7, 11) is 1.97. The minimum atomic E-state index is -0.184. The highest BCUT2D eigenvalue weighted by molar-refractivity contribution is 7.11. The third-order valence-corrected chi connectivity index (χ3v) is 4.53. The van der Waals surface area contributed by atoms with Crippen LogP contribution in [0.4, 0.5) is 0 Å². The van der Waals surface area contributed by atoms with Crippen molar-refractivity contribution < 1.29 is 4.74 Å². The fourth-order valence-electron chi connectivity index (χ4n) is 2.04. The van der Waals surface area contributed by atoms with Gasteiger partial charge in [-0.15, -0.1) is 11.3 Å². The van der Waals surface area contributed by atoms with Gasteiger partial charge in [0.2, 0.25) is 0 Å². The molecule has 0 atom stereocenters. The van der Waals surface area contributed by atoms with Crippen molar-refractivity contribution in [2.24, 2.45) is 0 Å². The van der Waals surface area contributed by atoms with Gasteiger partial charge < -0.3 is 10.1 Å². The number of hydrogen-bond donors (Lipinski definition) is 1. The molecule has 3 nitrogen and oxygen atoms in total. The normalized spacial score (nSPS) is 12.1. The van der Waals surface area contributed by atoms with Crippen LogP contribution in [0.5, 0.6) is 0 Å². The zero-order chi connectivity index (χ0) is 12.9. The van der Waals surface area contributed by atoms with Gasteiger partial charge in [-0.3, -0.25) is 0 Å². The average molecular weight is 256 g/mol. The zero-order valence-electron chi connectivity index (χ0n) is 11.6. The molecule has 1 N–H and O–H groups in total. The highest BCUT2D eigenvalue weighted by Crippen LogP contribution is 2.36. The van der Waals surface area contributed by atoms with E-state index in [2.05, 4.69) is 33.0 Å². The number of aryl methyl sites for hydroxylation is 1. The van der Waals surface area contributed by atoms with E-state index >= 15 is 0 Å². The van der Waals surface area contributed by atoms with Gasteiger partial charge in [0.15, 0.2) is 0 Å². The maximum absolute atomic E-state index is 5.99. The minimum Gasteiger partial charge on any atom is -0.368 e. The van der Waals surface area contributed by atoms with Crippen LogP contribution in [0.15, 0.2) is 0 Å². The lowest BCUT2D eigenvalue weighted by Crippen LogP contribution is -2.28. The second-order valence-electron chi connectivity index (χ2n) is 4.19. The largest absolute Gasteiger partial charge is 0.368 e. The van der Waals surface area contributed by atoms with Gasteiger partial charge >= 0.3 is 0 Å². The number of rotatable bonds is 7. The molecule has 0 amide bonds. The molecular weight excluding hydrogens is 232 g/mol. The van der Waals surface area contributed by atoms with Crippen molar-refractivity contribution in [2.75, 3.05) is 13.7 Å². The molecule has 17 heavy (non-hydrogen) atoms. The molecule has 1 aromatic heterocycles. The van der Waals surface area contributed by atoms with E-state index in [1.54, 1.807) is 11.3 Å². The molecule has 1 heterocycles. The van der Waals surface area contributed by atoms with Crippen LogP contribution < -0.4 is 5.32 Å². The first kappa shape index (κ1) is 14.6. The van der Waals surface area contributed by atoms with Crippen molar-refractivity contribution in [2.45, 2.75) is 52.7 Å². The van der Waals surface area contributed by atoms with Gasteiger partial charge in [0.1, 0.15) is 10.6 Å². The van der Waals surface area contributed by atoms with Gasteiger partial charge in [0.05, 0.1) is 5.69 Å². The summed E-state index contributed by atoms with van der Waals surface area (Å²) >= 11 is 1.78. The summed E-state index contributed by atoms with van der Waals surface area (Å²) in [5.74, 6) is 0. The molecule has 1 aromatic rings. The highest BCUT2D eigenvalue weighted by atomic mass is 32.1. The lowest BCUT2D eigenvalue weighted by molar-refractivity contribution is -0.0507. The molecule has 0 aromatic carbocycles. The smallest absolute Gasteiger partial charge is 0.125 e. The molecule has 1 rings (SSSR count). The van der Waals surface area contributed by atoms with Gasteiger partial charge in [-0.05, 0) is 33.7 Å². The first-order chi connectivity index (χ1) is 8.13. The quantitative estimate of drug-likeness (QED) is 0.813. The molecule has 0 spiro atoms. The van der Waals surface area contributed by atoms with Crippen LogP contribution >= 0.6 is 11.3 Å². The van der Waals surface area contributed by atoms with E-state index in [0.29, 0.717) is 0 Å². The van der Waals surface area contributed by atoms with Gasteiger partial charge in [0.25, 0.3) is 0 Å². The summed E-state index contributed by atoms with van der Waals surface area (Å²) in [5, 5.41) is 4.32. The molecule has 0 unspecified atom stereocenters. The number of nitrogens with one attached hydrogen (secondary N) is 1. The zero-order valence-corrected chi connectivity index (χ0v) is 12.4. The van der Waals surface area contributed by atoms with Gasteiger partial charge in [0, 0.05) is 18.0 Å². The summed E-state index contributed by atoms with van der Waals surface area (Å²) in [5.41, 5.74) is 0.946. The third kappa shape index (κ3) is 3.06. The van der Waals surface area contributed by atoms with E-state index in [-0.39, 0.29) is 5.60 Å². The third-order valence-electron chi connectivity index (χ3n) is 3.18. The van der Waals surface area contributed by atoms with Crippen molar-refractivity contribution in [1.29, 1.82) is 0 Å². The molecular formula is C13H24N2OS. The molecule has 0 aliphatic heterocycles. The topological polar surface area (TPSA) is 34.1 Å². The minimum absolute atomic E-state index is 0.184. The number of ether oxygens (including phenoxy) is 1. The molecule has 0 saturated heterocycles. The van der Waals surface area contributed by atoms with Crippen LogP contribution in [-0.2, 0) is 16.9 Å². The SMILES string of the molecule is CCOC(CC)(CC)c1nc(C)c(CNC)s1. The second-order valence-corrected chi connectivity index (χ2v) is 5.28.